The summed E-state index contributed by atoms with van der Waals surface area (Å²) in [6.45, 7) is 0. The number of para-hydroxylation sites is 1. The van der Waals surface area contributed by atoms with Crippen LogP contribution >= 0.6 is 0 Å². The SMILES string of the molecule is CNc1c(O)cccc1CC1CC1. The molecular formula is C11H15NO. The Morgan fingerprint density at radius 3 is 2.85 bits per heavy atom. The molecule has 0 saturated heterocycles. The lowest BCUT2D eigenvalue weighted by molar-refractivity contribution is 0.476. The fourth-order valence-electron chi connectivity index (χ4n) is 1.68. The number of hydrogen-bond donors (Lipinski definition) is 2. The third-order valence-corrected chi connectivity index (χ3v) is 2.58. The van der Waals surface area contributed by atoms with Crippen molar-refractivity contribution < 1.29 is 5.11 Å². The quantitative estimate of drug-likeness (QED) is 0.695. The van der Waals surface area contributed by atoms with Gasteiger partial charge in [0.15, 0.2) is 0 Å². The highest BCUT2D eigenvalue weighted by Gasteiger charge is 2.22. The monoisotopic (exact) mass is 177 g/mol. The smallest absolute Gasteiger partial charge is 0.138 e. The van der Waals surface area contributed by atoms with Crippen LogP contribution in [0.3, 0.4) is 0 Å². The minimum Gasteiger partial charge on any atom is -0.506 e. The molecule has 2 N–H and O–H groups in total. The Labute approximate surface area is 78.6 Å². The third-order valence-electron chi connectivity index (χ3n) is 2.58. The van der Waals surface area contributed by atoms with Crippen LogP contribution in [-0.2, 0) is 6.42 Å². The van der Waals surface area contributed by atoms with Crippen LogP contribution in [0, 0.1) is 5.92 Å². The van der Waals surface area contributed by atoms with E-state index in [2.05, 4.69) is 11.4 Å². The minimum atomic E-state index is 0.362. The number of aromatic hydroxyl groups is 1. The molecule has 70 valence electrons. The van der Waals surface area contributed by atoms with Gasteiger partial charge in [0.05, 0.1) is 5.69 Å². The molecule has 0 spiro atoms. The molecule has 0 aliphatic heterocycles. The number of rotatable bonds is 3. The molecule has 1 aromatic carbocycles. The van der Waals surface area contributed by atoms with Gasteiger partial charge < -0.3 is 10.4 Å². The fraction of sp³-hybridized carbons (Fsp3) is 0.455. The molecule has 0 heterocycles. The zero-order valence-electron chi connectivity index (χ0n) is 7.88. The van der Waals surface area contributed by atoms with Gasteiger partial charge in [-0.25, -0.2) is 0 Å². The predicted molar refractivity (Wildman–Crippen MR) is 54.1 cm³/mol. The molecule has 0 atom stereocenters. The van der Waals surface area contributed by atoms with Gasteiger partial charge in [0.1, 0.15) is 5.75 Å². The molecule has 1 fully saturated rings. The van der Waals surface area contributed by atoms with Gasteiger partial charge in [-0.05, 0) is 36.8 Å². The van der Waals surface area contributed by atoms with Crippen molar-refractivity contribution in [1.29, 1.82) is 0 Å². The summed E-state index contributed by atoms with van der Waals surface area (Å²) in [7, 11) is 1.85. The Morgan fingerprint density at radius 2 is 2.23 bits per heavy atom. The number of nitrogens with one attached hydrogen (secondary N) is 1. The molecule has 1 aliphatic carbocycles. The van der Waals surface area contributed by atoms with E-state index >= 15 is 0 Å². The fourth-order valence-corrected chi connectivity index (χ4v) is 1.68. The maximum atomic E-state index is 9.56. The second-order valence-corrected chi connectivity index (χ2v) is 3.71. The molecule has 0 amide bonds. The summed E-state index contributed by atoms with van der Waals surface area (Å²) < 4.78 is 0. The Balaban J connectivity index is 2.25. The van der Waals surface area contributed by atoms with Crippen molar-refractivity contribution in [3.05, 3.63) is 23.8 Å². The van der Waals surface area contributed by atoms with E-state index in [1.165, 1.54) is 18.4 Å². The van der Waals surface area contributed by atoms with Crippen molar-refractivity contribution in [2.75, 3.05) is 12.4 Å². The van der Waals surface area contributed by atoms with E-state index in [9.17, 15) is 5.11 Å². The average molecular weight is 177 g/mol. The van der Waals surface area contributed by atoms with Crippen LogP contribution in [0.2, 0.25) is 0 Å². The normalized spacial score (nSPS) is 15.8. The third kappa shape index (κ3) is 1.77. The first-order valence-corrected chi connectivity index (χ1v) is 4.80. The number of benzene rings is 1. The van der Waals surface area contributed by atoms with Crippen molar-refractivity contribution in [3.8, 4) is 5.75 Å². The van der Waals surface area contributed by atoms with Crippen LogP contribution in [0.25, 0.3) is 0 Å². The van der Waals surface area contributed by atoms with E-state index in [0.29, 0.717) is 5.75 Å². The highest BCUT2D eigenvalue weighted by atomic mass is 16.3. The molecule has 0 bridgehead atoms. The van der Waals surface area contributed by atoms with E-state index in [1.807, 2.05) is 13.1 Å². The van der Waals surface area contributed by atoms with Gasteiger partial charge in [0.2, 0.25) is 0 Å². The second-order valence-electron chi connectivity index (χ2n) is 3.71. The predicted octanol–water partition coefficient (Wildman–Crippen LogP) is 2.39. The first-order chi connectivity index (χ1) is 6.31. The molecule has 0 radical (unpaired) electrons. The van der Waals surface area contributed by atoms with Gasteiger partial charge in [0.25, 0.3) is 0 Å². The lowest BCUT2D eigenvalue weighted by Crippen LogP contribution is -1.96. The lowest BCUT2D eigenvalue weighted by atomic mass is 10.1. The van der Waals surface area contributed by atoms with Gasteiger partial charge >= 0.3 is 0 Å². The zero-order valence-corrected chi connectivity index (χ0v) is 7.88. The second kappa shape index (κ2) is 3.29. The molecule has 1 aromatic rings. The maximum absolute atomic E-state index is 9.56. The van der Waals surface area contributed by atoms with Gasteiger partial charge in [0, 0.05) is 7.05 Å². The first-order valence-electron chi connectivity index (χ1n) is 4.80. The summed E-state index contributed by atoms with van der Waals surface area (Å²) in [5, 5.41) is 12.6. The molecule has 0 unspecified atom stereocenters. The Hall–Kier alpha value is -1.18. The van der Waals surface area contributed by atoms with Gasteiger partial charge in [-0.2, -0.15) is 0 Å². The van der Waals surface area contributed by atoms with Crippen molar-refractivity contribution in [2.24, 2.45) is 5.92 Å². The standard InChI is InChI=1S/C11H15NO/c1-12-11-9(7-8-5-6-8)3-2-4-10(11)13/h2-4,8,12-13H,5-7H2,1H3. The average Bonchev–Trinajstić information content (AvgIpc) is 2.89. The molecule has 2 rings (SSSR count). The van der Waals surface area contributed by atoms with Gasteiger partial charge in [-0.1, -0.05) is 12.1 Å². The van der Waals surface area contributed by atoms with E-state index in [1.54, 1.807) is 6.07 Å². The van der Waals surface area contributed by atoms with E-state index in [0.717, 1.165) is 18.0 Å². The van der Waals surface area contributed by atoms with Crippen molar-refractivity contribution in [2.45, 2.75) is 19.3 Å². The molecule has 0 aromatic heterocycles. The molecule has 1 saturated carbocycles. The maximum Gasteiger partial charge on any atom is 0.138 e. The Morgan fingerprint density at radius 1 is 1.46 bits per heavy atom. The summed E-state index contributed by atoms with van der Waals surface area (Å²) >= 11 is 0. The molecular weight excluding hydrogens is 162 g/mol. The number of phenolic OH excluding ortho intramolecular Hbond substituents is 1. The Bertz CT molecular complexity index is 305. The van der Waals surface area contributed by atoms with E-state index < -0.39 is 0 Å². The summed E-state index contributed by atoms with van der Waals surface area (Å²) in [6, 6.07) is 5.72. The van der Waals surface area contributed by atoms with Crippen LogP contribution < -0.4 is 5.32 Å². The van der Waals surface area contributed by atoms with E-state index in [4.69, 9.17) is 0 Å². The van der Waals surface area contributed by atoms with Crippen LogP contribution in [0.1, 0.15) is 18.4 Å². The van der Waals surface area contributed by atoms with Crippen LogP contribution in [0.5, 0.6) is 5.75 Å². The van der Waals surface area contributed by atoms with Gasteiger partial charge in [-0.3, -0.25) is 0 Å². The first kappa shape index (κ1) is 8.42. The molecule has 2 heteroatoms. The van der Waals surface area contributed by atoms with Crippen LogP contribution in [0.4, 0.5) is 5.69 Å². The van der Waals surface area contributed by atoms with Crippen molar-refractivity contribution in [1.82, 2.24) is 0 Å². The highest BCUT2D eigenvalue weighted by molar-refractivity contribution is 5.61. The molecule has 13 heavy (non-hydrogen) atoms. The number of hydrogen-bond acceptors (Lipinski definition) is 2. The lowest BCUT2D eigenvalue weighted by Gasteiger charge is -2.09. The number of phenols is 1. The van der Waals surface area contributed by atoms with Crippen LogP contribution in [-0.4, -0.2) is 12.2 Å². The summed E-state index contributed by atoms with van der Waals surface area (Å²) in [6.07, 6.45) is 3.79. The molecule has 2 nitrogen and oxygen atoms in total. The van der Waals surface area contributed by atoms with Gasteiger partial charge in [-0.15, -0.1) is 0 Å². The largest absolute Gasteiger partial charge is 0.506 e. The summed E-state index contributed by atoms with van der Waals surface area (Å²) in [4.78, 5) is 0. The van der Waals surface area contributed by atoms with Crippen LogP contribution in [0.15, 0.2) is 18.2 Å². The zero-order chi connectivity index (χ0) is 9.26. The van der Waals surface area contributed by atoms with E-state index in [-0.39, 0.29) is 0 Å². The number of anilines is 1. The van der Waals surface area contributed by atoms with Crippen molar-refractivity contribution in [3.63, 3.8) is 0 Å². The highest BCUT2D eigenvalue weighted by Crippen LogP contribution is 2.36. The minimum absolute atomic E-state index is 0.362. The topological polar surface area (TPSA) is 32.3 Å². The summed E-state index contributed by atoms with van der Waals surface area (Å²) in [5.41, 5.74) is 2.14. The Kier molecular flexibility index (Phi) is 2.13. The summed E-state index contributed by atoms with van der Waals surface area (Å²) in [5.74, 6) is 1.22. The molecule has 1 aliphatic rings. The van der Waals surface area contributed by atoms with Crippen molar-refractivity contribution >= 4 is 5.69 Å².